The molecule has 2 aliphatic rings. The zero-order valence-corrected chi connectivity index (χ0v) is 20.0. The van der Waals surface area contributed by atoms with Gasteiger partial charge in [-0.05, 0) is 49.4 Å². The van der Waals surface area contributed by atoms with E-state index >= 15 is 0 Å². The quantitative estimate of drug-likeness (QED) is 0.503. The summed E-state index contributed by atoms with van der Waals surface area (Å²) in [6, 6.07) is 5.57. The average Bonchev–Trinajstić information content (AvgIpc) is 3.51. The largest absolute Gasteiger partial charge is 0.467 e. The van der Waals surface area contributed by atoms with Crippen LogP contribution in [0.15, 0.2) is 24.4 Å². The number of fused-ring (bicyclic) bond motifs is 1. The van der Waals surface area contributed by atoms with E-state index < -0.39 is 24.0 Å². The molecule has 3 heterocycles. The van der Waals surface area contributed by atoms with Gasteiger partial charge in [0.2, 0.25) is 0 Å². The molecule has 4 atom stereocenters. The molecule has 0 bridgehead atoms. The Kier molecular flexibility index (Phi) is 7.57. The van der Waals surface area contributed by atoms with Gasteiger partial charge in [0, 0.05) is 42.0 Å². The monoisotopic (exact) mass is 474 g/mol. The van der Waals surface area contributed by atoms with Crippen LogP contribution >= 0.6 is 0 Å². The molecule has 3 N–H and O–H groups in total. The number of hydrogen-bond acceptors (Lipinski definition) is 7. The first-order chi connectivity index (χ1) is 16.3. The highest BCUT2D eigenvalue weighted by Gasteiger charge is 2.52. The number of aliphatic hydroxyl groups is 1. The zero-order chi connectivity index (χ0) is 24.3. The van der Waals surface area contributed by atoms with Crippen LogP contribution in [0.3, 0.4) is 0 Å². The SMILES string of the molecule is COC(=O)[C@]1(CC2OCCO2)OC(C[C@H](O)CNC(=O)c2cc(C)c3[nH]ccc3c2)CCC1C. The van der Waals surface area contributed by atoms with Gasteiger partial charge in [-0.1, -0.05) is 6.92 Å². The number of carbonyl (C=O) groups excluding carboxylic acids is 2. The van der Waals surface area contributed by atoms with Crippen LogP contribution in [0.2, 0.25) is 0 Å². The number of nitrogens with one attached hydrogen (secondary N) is 2. The van der Waals surface area contributed by atoms with E-state index in [1.165, 1.54) is 7.11 Å². The third kappa shape index (κ3) is 5.12. The van der Waals surface area contributed by atoms with E-state index in [9.17, 15) is 14.7 Å². The Morgan fingerprint density at radius 1 is 1.29 bits per heavy atom. The summed E-state index contributed by atoms with van der Waals surface area (Å²) >= 11 is 0. The molecule has 2 unspecified atom stereocenters. The number of aliphatic hydroxyl groups excluding tert-OH is 1. The van der Waals surface area contributed by atoms with Crippen LogP contribution in [0.1, 0.15) is 48.5 Å². The van der Waals surface area contributed by atoms with Crippen LogP contribution in [-0.4, -0.2) is 72.9 Å². The molecule has 9 nitrogen and oxygen atoms in total. The second-order valence-corrected chi connectivity index (χ2v) is 9.31. The minimum Gasteiger partial charge on any atom is -0.467 e. The number of methoxy groups -OCH3 is 1. The summed E-state index contributed by atoms with van der Waals surface area (Å²) < 4.78 is 22.5. The third-order valence-electron chi connectivity index (χ3n) is 6.94. The molecule has 34 heavy (non-hydrogen) atoms. The minimum atomic E-state index is -1.20. The first-order valence-electron chi connectivity index (χ1n) is 11.9. The highest BCUT2D eigenvalue weighted by Crippen LogP contribution is 2.40. The van der Waals surface area contributed by atoms with Gasteiger partial charge in [-0.3, -0.25) is 4.79 Å². The number of esters is 1. The molecule has 1 amide bonds. The van der Waals surface area contributed by atoms with Gasteiger partial charge in [0.15, 0.2) is 11.9 Å². The normalized spacial score (nSPS) is 26.5. The van der Waals surface area contributed by atoms with E-state index in [4.69, 9.17) is 18.9 Å². The molecule has 9 heteroatoms. The average molecular weight is 475 g/mol. The van der Waals surface area contributed by atoms with Crippen molar-refractivity contribution in [2.24, 2.45) is 5.92 Å². The Bertz CT molecular complexity index is 1020. The number of aromatic nitrogens is 1. The second-order valence-electron chi connectivity index (χ2n) is 9.31. The lowest BCUT2D eigenvalue weighted by Gasteiger charge is -2.44. The minimum absolute atomic E-state index is 0.0819. The number of carbonyl (C=O) groups is 2. The van der Waals surface area contributed by atoms with Crippen molar-refractivity contribution in [3.05, 3.63) is 35.5 Å². The van der Waals surface area contributed by atoms with Crippen molar-refractivity contribution in [3.8, 4) is 0 Å². The Morgan fingerprint density at radius 3 is 2.79 bits per heavy atom. The molecule has 1 aromatic heterocycles. The summed E-state index contributed by atoms with van der Waals surface area (Å²) in [6.45, 7) is 4.95. The molecule has 1 aromatic carbocycles. The van der Waals surface area contributed by atoms with Crippen molar-refractivity contribution in [1.29, 1.82) is 0 Å². The van der Waals surface area contributed by atoms with Crippen molar-refractivity contribution in [2.45, 2.75) is 63.6 Å². The van der Waals surface area contributed by atoms with Gasteiger partial charge in [0.25, 0.3) is 5.91 Å². The number of ether oxygens (including phenoxy) is 4. The molecule has 2 saturated heterocycles. The highest BCUT2D eigenvalue weighted by atomic mass is 16.7. The smallest absolute Gasteiger partial charge is 0.338 e. The lowest BCUT2D eigenvalue weighted by molar-refractivity contribution is -0.220. The van der Waals surface area contributed by atoms with Crippen LogP contribution in [-0.2, 0) is 23.7 Å². The molecular formula is C25H34N2O7. The maximum Gasteiger partial charge on any atom is 0.338 e. The van der Waals surface area contributed by atoms with Gasteiger partial charge in [-0.2, -0.15) is 0 Å². The molecule has 2 aliphatic heterocycles. The number of benzene rings is 1. The molecule has 2 fully saturated rings. The van der Waals surface area contributed by atoms with E-state index in [1.807, 2.05) is 38.2 Å². The second kappa shape index (κ2) is 10.4. The topological polar surface area (TPSA) is 119 Å². The van der Waals surface area contributed by atoms with Gasteiger partial charge in [0.1, 0.15) is 0 Å². The van der Waals surface area contributed by atoms with E-state index in [2.05, 4.69) is 10.3 Å². The highest BCUT2D eigenvalue weighted by molar-refractivity contribution is 5.99. The molecule has 0 radical (unpaired) electrons. The molecule has 0 aliphatic carbocycles. The maximum atomic E-state index is 12.8. The van der Waals surface area contributed by atoms with E-state index in [-0.39, 0.29) is 37.3 Å². The first-order valence-corrected chi connectivity index (χ1v) is 11.9. The predicted octanol–water partition coefficient (Wildman–Crippen LogP) is 2.45. The predicted molar refractivity (Wildman–Crippen MR) is 124 cm³/mol. The van der Waals surface area contributed by atoms with Crippen LogP contribution in [0.4, 0.5) is 0 Å². The Morgan fingerprint density at radius 2 is 2.06 bits per heavy atom. The summed E-state index contributed by atoms with van der Waals surface area (Å²) in [7, 11) is 1.34. The number of H-pyrrole nitrogens is 1. The molecule has 0 spiro atoms. The van der Waals surface area contributed by atoms with E-state index in [1.54, 1.807) is 0 Å². The molecule has 0 saturated carbocycles. The van der Waals surface area contributed by atoms with Crippen molar-refractivity contribution < 1.29 is 33.6 Å². The zero-order valence-electron chi connectivity index (χ0n) is 20.0. The van der Waals surface area contributed by atoms with Crippen molar-refractivity contribution in [3.63, 3.8) is 0 Å². The van der Waals surface area contributed by atoms with E-state index in [0.29, 0.717) is 25.2 Å². The van der Waals surface area contributed by atoms with Crippen LogP contribution in [0.25, 0.3) is 10.9 Å². The first kappa shape index (κ1) is 24.7. The molecule has 186 valence electrons. The number of aromatic amines is 1. The molecule has 4 rings (SSSR count). The summed E-state index contributed by atoms with van der Waals surface area (Å²) in [6.07, 6.45) is 2.09. The number of aryl methyl sites for hydroxylation is 1. The number of amides is 1. The maximum absolute atomic E-state index is 12.8. The third-order valence-corrected chi connectivity index (χ3v) is 6.94. The lowest BCUT2D eigenvalue weighted by Crippen LogP contribution is -2.55. The Balaban J connectivity index is 1.36. The molecular weight excluding hydrogens is 440 g/mol. The van der Waals surface area contributed by atoms with Crippen LogP contribution in [0.5, 0.6) is 0 Å². The van der Waals surface area contributed by atoms with E-state index in [0.717, 1.165) is 22.9 Å². The summed E-state index contributed by atoms with van der Waals surface area (Å²) in [5.41, 5.74) is 1.33. The van der Waals surface area contributed by atoms with Crippen molar-refractivity contribution >= 4 is 22.8 Å². The summed E-state index contributed by atoms with van der Waals surface area (Å²) in [4.78, 5) is 28.6. The van der Waals surface area contributed by atoms with Crippen molar-refractivity contribution in [1.82, 2.24) is 10.3 Å². The Labute approximate surface area is 199 Å². The van der Waals surface area contributed by atoms with Crippen LogP contribution in [0, 0.1) is 12.8 Å². The van der Waals surface area contributed by atoms with Crippen molar-refractivity contribution in [2.75, 3.05) is 26.9 Å². The van der Waals surface area contributed by atoms with Gasteiger partial charge < -0.3 is 34.4 Å². The fourth-order valence-electron chi connectivity index (χ4n) is 5.02. The number of hydrogen-bond donors (Lipinski definition) is 3. The summed E-state index contributed by atoms with van der Waals surface area (Å²) in [5, 5.41) is 14.4. The van der Waals surface area contributed by atoms with Gasteiger partial charge >= 0.3 is 5.97 Å². The standard InChI is InChI=1S/C25H34N2O7/c1-15-10-18(11-17-6-7-26-22(15)17)23(29)27-14-19(28)12-20-5-4-16(2)25(34-20,24(30)31-3)13-21-32-8-9-33-21/h6-7,10-11,16,19-21,26,28H,4-5,8-9,12-14H2,1-3H3,(H,27,29)/t16?,19-,20?,25+/m0/s1. The number of rotatable bonds is 8. The fraction of sp³-hybridized carbons (Fsp3) is 0.600. The fourth-order valence-corrected chi connectivity index (χ4v) is 5.02. The van der Waals surface area contributed by atoms with Crippen LogP contribution < -0.4 is 5.32 Å². The molecule has 2 aromatic rings. The summed E-state index contributed by atoms with van der Waals surface area (Å²) in [5.74, 6) is -0.794. The Hall–Kier alpha value is -2.46. The lowest BCUT2D eigenvalue weighted by atomic mass is 9.78. The van der Waals surface area contributed by atoms with Gasteiger partial charge in [-0.15, -0.1) is 0 Å². The van der Waals surface area contributed by atoms with Gasteiger partial charge in [-0.25, -0.2) is 4.79 Å². The van der Waals surface area contributed by atoms with Gasteiger partial charge in [0.05, 0.1) is 32.5 Å².